The lowest BCUT2D eigenvalue weighted by Crippen LogP contribution is -2.75. The van der Waals surface area contributed by atoms with Crippen LogP contribution in [-0.2, 0) is 20.7 Å². The summed E-state index contributed by atoms with van der Waals surface area (Å²) in [6.07, 6.45) is 1.39. The van der Waals surface area contributed by atoms with Gasteiger partial charge >= 0.3 is 6.03 Å². The van der Waals surface area contributed by atoms with Gasteiger partial charge in [-0.1, -0.05) is 24.3 Å². The fraction of sp³-hybridized carbons (Fsp3) is 0.320. The molecule has 5 heterocycles. The first-order chi connectivity index (χ1) is 16.4. The van der Waals surface area contributed by atoms with E-state index in [9.17, 15) is 14.4 Å². The molecule has 2 fully saturated rings. The van der Waals surface area contributed by atoms with Crippen molar-refractivity contribution in [2.45, 2.75) is 38.5 Å². The molecule has 2 saturated heterocycles. The largest absolute Gasteiger partial charge is 0.372 e. The number of urea groups is 1. The number of hydrogen-bond donors (Lipinski definition) is 2. The van der Waals surface area contributed by atoms with Crippen LogP contribution in [0.15, 0.2) is 48.7 Å². The Kier molecular flexibility index (Phi) is 4.47. The van der Waals surface area contributed by atoms with Gasteiger partial charge in [0.25, 0.3) is 0 Å². The van der Waals surface area contributed by atoms with Crippen molar-refractivity contribution in [3.8, 4) is 11.4 Å². The van der Waals surface area contributed by atoms with Crippen LogP contribution in [0, 0.1) is 5.41 Å². The predicted molar refractivity (Wildman–Crippen MR) is 124 cm³/mol. The fourth-order valence-electron chi connectivity index (χ4n) is 5.68. The van der Waals surface area contributed by atoms with E-state index in [0.717, 1.165) is 22.2 Å². The number of nitrogens with zero attached hydrogens (tertiary/aromatic N) is 3. The summed E-state index contributed by atoms with van der Waals surface area (Å²) in [5, 5.41) is 5.65. The smallest absolute Gasteiger partial charge is 0.328 e. The van der Waals surface area contributed by atoms with Gasteiger partial charge in [-0.3, -0.25) is 25.2 Å². The zero-order valence-electron chi connectivity index (χ0n) is 18.7. The van der Waals surface area contributed by atoms with E-state index in [2.05, 4.69) is 10.6 Å². The summed E-state index contributed by atoms with van der Waals surface area (Å²) in [6, 6.07) is 12.3. The van der Waals surface area contributed by atoms with Gasteiger partial charge in [0.05, 0.1) is 47.0 Å². The monoisotopic (exact) mass is 457 g/mol. The van der Waals surface area contributed by atoms with E-state index >= 15 is 0 Å². The molecule has 0 aliphatic carbocycles. The summed E-state index contributed by atoms with van der Waals surface area (Å²) in [5.74, 6) is -1.21. The molecule has 3 aliphatic rings. The molecule has 4 amide bonds. The number of barbiturate groups is 1. The number of hydrogen-bond acceptors (Lipinski definition) is 7. The van der Waals surface area contributed by atoms with Crippen LogP contribution in [-0.4, -0.2) is 52.6 Å². The van der Waals surface area contributed by atoms with Crippen LogP contribution in [0.5, 0.6) is 0 Å². The number of morpholine rings is 1. The number of carbonyl (C=O) groups excluding carboxylic acids is 3. The summed E-state index contributed by atoms with van der Waals surface area (Å²) < 4.78 is 6.04. The minimum Gasteiger partial charge on any atom is -0.372 e. The molecule has 3 aromatic rings. The summed E-state index contributed by atoms with van der Waals surface area (Å²) in [4.78, 5) is 49.9. The molecular formula is C25H23N5O4. The molecule has 9 heteroatoms. The molecule has 3 aliphatic heterocycles. The maximum Gasteiger partial charge on any atom is 0.328 e. The molecule has 3 atom stereocenters. The fourth-order valence-corrected chi connectivity index (χ4v) is 5.68. The Hall–Kier alpha value is -3.85. The molecular weight excluding hydrogens is 434 g/mol. The Morgan fingerprint density at radius 3 is 2.59 bits per heavy atom. The van der Waals surface area contributed by atoms with Gasteiger partial charge in [0.1, 0.15) is 0 Å². The van der Waals surface area contributed by atoms with Crippen molar-refractivity contribution >= 4 is 34.4 Å². The van der Waals surface area contributed by atoms with Gasteiger partial charge in [0.15, 0.2) is 5.41 Å². The van der Waals surface area contributed by atoms with Crippen molar-refractivity contribution in [2.75, 3.05) is 11.4 Å². The lowest BCUT2D eigenvalue weighted by Gasteiger charge is -2.55. The summed E-state index contributed by atoms with van der Waals surface area (Å²) >= 11 is 0. The van der Waals surface area contributed by atoms with E-state index in [1.165, 1.54) is 0 Å². The Bertz CT molecular complexity index is 1350. The minimum atomic E-state index is -1.50. The average molecular weight is 457 g/mol. The quantitative estimate of drug-likeness (QED) is 0.539. The second-order valence-corrected chi connectivity index (χ2v) is 9.22. The lowest BCUT2D eigenvalue weighted by atomic mass is 9.67. The van der Waals surface area contributed by atoms with Crippen molar-refractivity contribution in [3.63, 3.8) is 0 Å². The van der Waals surface area contributed by atoms with Gasteiger partial charge in [0, 0.05) is 18.4 Å². The number of para-hydroxylation sites is 1. The number of amides is 4. The number of nitrogens with one attached hydrogen (secondary N) is 2. The average Bonchev–Trinajstić information content (AvgIpc) is 2.81. The number of carbonyl (C=O) groups is 3. The highest BCUT2D eigenvalue weighted by molar-refractivity contribution is 6.20. The van der Waals surface area contributed by atoms with Crippen molar-refractivity contribution in [3.05, 3.63) is 54.2 Å². The summed E-state index contributed by atoms with van der Waals surface area (Å²) in [5.41, 5.74) is 2.37. The zero-order chi connectivity index (χ0) is 23.6. The molecule has 6 rings (SSSR count). The first-order valence-corrected chi connectivity index (χ1v) is 11.3. The number of ether oxygens (including phenoxy) is 1. The highest BCUT2D eigenvalue weighted by Crippen LogP contribution is 2.47. The molecule has 172 valence electrons. The Labute approximate surface area is 195 Å². The number of pyridine rings is 2. The van der Waals surface area contributed by atoms with Gasteiger partial charge in [-0.05, 0) is 37.6 Å². The molecule has 2 N–H and O–H groups in total. The predicted octanol–water partition coefficient (Wildman–Crippen LogP) is 2.19. The third-order valence-corrected chi connectivity index (χ3v) is 7.06. The zero-order valence-corrected chi connectivity index (χ0v) is 18.7. The third-order valence-electron chi connectivity index (χ3n) is 7.06. The van der Waals surface area contributed by atoms with E-state index in [4.69, 9.17) is 14.7 Å². The number of rotatable bonds is 1. The van der Waals surface area contributed by atoms with Gasteiger partial charge < -0.3 is 9.64 Å². The SMILES string of the molecule is C[C@@H]1CN2c3cnc(-c4ccc5ccccc5n4)cc3CC3(C(=O)NC(=O)NC3=O)[C@H]2[C@H](C)O1. The van der Waals surface area contributed by atoms with Gasteiger partial charge in [-0.15, -0.1) is 0 Å². The van der Waals surface area contributed by atoms with Gasteiger partial charge in [-0.25, -0.2) is 9.78 Å². The van der Waals surface area contributed by atoms with Gasteiger partial charge in [-0.2, -0.15) is 0 Å². The number of anilines is 1. The number of benzene rings is 1. The lowest BCUT2D eigenvalue weighted by molar-refractivity contribution is -0.153. The van der Waals surface area contributed by atoms with Crippen LogP contribution < -0.4 is 15.5 Å². The van der Waals surface area contributed by atoms with Crippen LogP contribution >= 0.6 is 0 Å². The highest BCUT2D eigenvalue weighted by Gasteiger charge is 2.62. The van der Waals surface area contributed by atoms with Crippen LogP contribution in [0.1, 0.15) is 19.4 Å². The highest BCUT2D eigenvalue weighted by atomic mass is 16.5. The van der Waals surface area contributed by atoms with Crippen molar-refractivity contribution < 1.29 is 19.1 Å². The number of aromatic nitrogens is 2. The Morgan fingerprint density at radius 1 is 1.03 bits per heavy atom. The van der Waals surface area contributed by atoms with Crippen LogP contribution in [0.4, 0.5) is 10.5 Å². The van der Waals surface area contributed by atoms with Crippen LogP contribution in [0.25, 0.3) is 22.3 Å². The maximum absolute atomic E-state index is 13.3. The number of fused-ring (bicyclic) bond motifs is 5. The van der Waals surface area contributed by atoms with E-state index in [-0.39, 0.29) is 12.5 Å². The minimum absolute atomic E-state index is 0.104. The molecule has 2 aromatic heterocycles. The van der Waals surface area contributed by atoms with E-state index in [1.54, 1.807) is 6.20 Å². The number of imide groups is 2. The van der Waals surface area contributed by atoms with Crippen LogP contribution in [0.3, 0.4) is 0 Å². The van der Waals surface area contributed by atoms with Crippen molar-refractivity contribution in [1.29, 1.82) is 0 Å². The van der Waals surface area contributed by atoms with Gasteiger partial charge in [0.2, 0.25) is 11.8 Å². The molecule has 1 spiro atoms. The normalized spacial score (nSPS) is 25.5. The summed E-state index contributed by atoms with van der Waals surface area (Å²) in [7, 11) is 0. The van der Waals surface area contributed by atoms with Crippen LogP contribution in [0.2, 0.25) is 0 Å². The Morgan fingerprint density at radius 2 is 1.79 bits per heavy atom. The van der Waals surface area contributed by atoms with E-state index in [0.29, 0.717) is 17.9 Å². The Balaban J connectivity index is 1.50. The third kappa shape index (κ3) is 2.93. The topological polar surface area (TPSA) is 114 Å². The molecule has 0 unspecified atom stereocenters. The molecule has 1 aromatic carbocycles. The molecule has 34 heavy (non-hydrogen) atoms. The summed E-state index contributed by atoms with van der Waals surface area (Å²) in [6.45, 7) is 4.31. The first kappa shape index (κ1) is 20.7. The second kappa shape index (κ2) is 7.33. The maximum atomic E-state index is 13.3. The van der Waals surface area contributed by atoms with E-state index in [1.807, 2.05) is 61.2 Å². The van der Waals surface area contributed by atoms with Crippen molar-refractivity contribution in [2.24, 2.45) is 5.41 Å². The first-order valence-electron chi connectivity index (χ1n) is 11.3. The molecule has 0 bridgehead atoms. The van der Waals surface area contributed by atoms with Crippen molar-refractivity contribution in [1.82, 2.24) is 20.6 Å². The molecule has 9 nitrogen and oxygen atoms in total. The molecule has 0 radical (unpaired) electrons. The molecule has 0 saturated carbocycles. The standard InChI is InChI=1S/C25H23N5O4/c1-13-12-30-20-11-26-19(18-8-7-15-5-3-4-6-17(15)27-18)9-16(20)10-25(21(30)14(2)34-13)22(31)28-24(33)29-23(25)32/h3-9,11,13-14,21H,10,12H2,1-2H3,(H2,28,29,31,32,33)/t13-,14+,21-/m1/s1. The second-order valence-electron chi connectivity index (χ2n) is 9.22. The van der Waals surface area contributed by atoms with E-state index < -0.39 is 35.4 Å².